The molecule has 0 saturated carbocycles. The molecule has 5 heteroatoms. The predicted octanol–water partition coefficient (Wildman–Crippen LogP) is 2.65. The van der Waals surface area contributed by atoms with Gasteiger partial charge >= 0.3 is 0 Å². The van der Waals surface area contributed by atoms with Gasteiger partial charge in [0.2, 0.25) is 0 Å². The number of nitrogens with zero attached hydrogens (tertiary/aromatic N) is 2. The zero-order valence-corrected chi connectivity index (χ0v) is 10.4. The standard InChI is InChI=1S/C12H10BrFN2O/c13-9-1-2-10(14)8(5-9)6-12(17)11-3-4-15-7-16-11/h1-5,7,12,17H,6H2. The number of rotatable bonds is 3. The van der Waals surface area contributed by atoms with Crippen LogP contribution in [0.3, 0.4) is 0 Å². The van der Waals surface area contributed by atoms with Crippen molar-refractivity contribution in [2.45, 2.75) is 12.5 Å². The van der Waals surface area contributed by atoms with E-state index in [0.717, 1.165) is 4.47 Å². The summed E-state index contributed by atoms with van der Waals surface area (Å²) >= 11 is 3.27. The Hall–Kier alpha value is -1.33. The Morgan fingerprint density at radius 2 is 2.18 bits per heavy atom. The molecule has 1 heterocycles. The first-order valence-corrected chi connectivity index (χ1v) is 5.84. The Balaban J connectivity index is 2.18. The maximum Gasteiger partial charge on any atom is 0.126 e. The lowest BCUT2D eigenvalue weighted by Crippen LogP contribution is -2.05. The molecule has 2 rings (SSSR count). The average Bonchev–Trinajstić information content (AvgIpc) is 2.35. The van der Waals surface area contributed by atoms with Crippen molar-refractivity contribution < 1.29 is 9.50 Å². The zero-order chi connectivity index (χ0) is 12.3. The van der Waals surface area contributed by atoms with Gasteiger partial charge in [-0.25, -0.2) is 14.4 Å². The molecule has 17 heavy (non-hydrogen) atoms. The Kier molecular flexibility index (Phi) is 3.81. The summed E-state index contributed by atoms with van der Waals surface area (Å²) in [7, 11) is 0. The maximum absolute atomic E-state index is 13.5. The van der Waals surface area contributed by atoms with Crippen molar-refractivity contribution in [2.75, 3.05) is 0 Å². The molecule has 2 aromatic rings. The second kappa shape index (κ2) is 5.33. The van der Waals surface area contributed by atoms with E-state index in [1.54, 1.807) is 24.4 Å². The molecule has 1 N–H and O–H groups in total. The summed E-state index contributed by atoms with van der Waals surface area (Å²) in [5.74, 6) is -0.332. The molecular weight excluding hydrogens is 287 g/mol. The Bertz CT molecular complexity index is 507. The van der Waals surface area contributed by atoms with Crippen molar-refractivity contribution in [3.63, 3.8) is 0 Å². The molecule has 1 aromatic heterocycles. The van der Waals surface area contributed by atoms with Crippen molar-refractivity contribution in [2.24, 2.45) is 0 Å². The van der Waals surface area contributed by atoms with Crippen LogP contribution >= 0.6 is 15.9 Å². The van der Waals surface area contributed by atoms with E-state index in [2.05, 4.69) is 25.9 Å². The molecule has 1 atom stereocenters. The van der Waals surface area contributed by atoms with Crippen LogP contribution < -0.4 is 0 Å². The third-order valence-corrected chi connectivity index (χ3v) is 2.86. The van der Waals surface area contributed by atoms with Gasteiger partial charge in [-0.3, -0.25) is 0 Å². The van der Waals surface area contributed by atoms with Gasteiger partial charge in [-0.05, 0) is 29.8 Å². The van der Waals surface area contributed by atoms with Crippen LogP contribution in [-0.2, 0) is 6.42 Å². The summed E-state index contributed by atoms with van der Waals surface area (Å²) in [6, 6.07) is 6.25. The van der Waals surface area contributed by atoms with Gasteiger partial charge < -0.3 is 5.11 Å². The first kappa shape index (κ1) is 12.1. The molecule has 1 aromatic carbocycles. The minimum atomic E-state index is -0.832. The lowest BCUT2D eigenvalue weighted by atomic mass is 10.1. The molecular formula is C12H10BrFN2O. The fourth-order valence-corrected chi connectivity index (χ4v) is 1.92. The maximum atomic E-state index is 13.5. The molecule has 0 fully saturated rings. The smallest absolute Gasteiger partial charge is 0.126 e. The van der Waals surface area contributed by atoms with Crippen LogP contribution in [-0.4, -0.2) is 15.1 Å². The van der Waals surface area contributed by atoms with Crippen LogP contribution in [0.25, 0.3) is 0 Å². The third kappa shape index (κ3) is 3.08. The van der Waals surface area contributed by atoms with Crippen molar-refractivity contribution in [1.82, 2.24) is 9.97 Å². The largest absolute Gasteiger partial charge is 0.386 e. The van der Waals surface area contributed by atoms with Crippen LogP contribution in [0.15, 0.2) is 41.3 Å². The monoisotopic (exact) mass is 296 g/mol. The Morgan fingerprint density at radius 1 is 1.35 bits per heavy atom. The molecule has 0 radical (unpaired) electrons. The predicted molar refractivity (Wildman–Crippen MR) is 64.8 cm³/mol. The van der Waals surface area contributed by atoms with Crippen molar-refractivity contribution in [3.8, 4) is 0 Å². The van der Waals surface area contributed by atoms with E-state index >= 15 is 0 Å². The molecule has 88 valence electrons. The molecule has 0 aliphatic rings. The Labute approximate surface area is 106 Å². The van der Waals surface area contributed by atoms with Crippen molar-refractivity contribution >= 4 is 15.9 Å². The van der Waals surface area contributed by atoms with Crippen LogP contribution in [0.4, 0.5) is 4.39 Å². The molecule has 1 unspecified atom stereocenters. The van der Waals surface area contributed by atoms with Gasteiger partial charge in [0, 0.05) is 17.1 Å². The highest BCUT2D eigenvalue weighted by Crippen LogP contribution is 2.21. The van der Waals surface area contributed by atoms with Crippen molar-refractivity contribution in [1.29, 1.82) is 0 Å². The summed E-state index contributed by atoms with van der Waals surface area (Å²) in [4.78, 5) is 7.69. The molecule has 0 aliphatic heterocycles. The lowest BCUT2D eigenvalue weighted by Gasteiger charge is -2.10. The van der Waals surface area contributed by atoms with E-state index in [0.29, 0.717) is 11.3 Å². The molecule has 3 nitrogen and oxygen atoms in total. The van der Waals surface area contributed by atoms with Crippen LogP contribution in [0.5, 0.6) is 0 Å². The van der Waals surface area contributed by atoms with Gasteiger partial charge in [-0.1, -0.05) is 15.9 Å². The zero-order valence-electron chi connectivity index (χ0n) is 8.85. The first-order valence-electron chi connectivity index (χ1n) is 5.04. The van der Waals surface area contributed by atoms with Gasteiger partial charge in [-0.2, -0.15) is 0 Å². The van der Waals surface area contributed by atoms with Gasteiger partial charge in [-0.15, -0.1) is 0 Å². The van der Waals surface area contributed by atoms with E-state index < -0.39 is 6.10 Å². The summed E-state index contributed by atoms with van der Waals surface area (Å²) < 4.78 is 14.3. The highest BCUT2D eigenvalue weighted by atomic mass is 79.9. The van der Waals surface area contributed by atoms with Gasteiger partial charge in [0.05, 0.1) is 5.69 Å². The van der Waals surface area contributed by atoms with Gasteiger partial charge in [0.25, 0.3) is 0 Å². The molecule has 0 bridgehead atoms. The number of hydrogen-bond donors (Lipinski definition) is 1. The number of benzene rings is 1. The highest BCUT2D eigenvalue weighted by Gasteiger charge is 2.12. The molecule has 0 saturated heterocycles. The SMILES string of the molecule is OC(Cc1cc(Br)ccc1F)c1ccncn1. The quantitative estimate of drug-likeness (QED) is 0.947. The Morgan fingerprint density at radius 3 is 2.88 bits per heavy atom. The fourth-order valence-electron chi connectivity index (χ4n) is 1.51. The number of aromatic nitrogens is 2. The minimum absolute atomic E-state index is 0.183. The summed E-state index contributed by atoms with van der Waals surface area (Å²) in [6.07, 6.45) is 2.25. The van der Waals surface area contributed by atoms with E-state index in [4.69, 9.17) is 0 Å². The van der Waals surface area contributed by atoms with Crippen LogP contribution in [0.1, 0.15) is 17.4 Å². The van der Waals surface area contributed by atoms with Crippen molar-refractivity contribution in [3.05, 3.63) is 58.3 Å². The van der Waals surface area contributed by atoms with E-state index in [-0.39, 0.29) is 12.2 Å². The van der Waals surface area contributed by atoms with E-state index in [1.165, 1.54) is 12.4 Å². The van der Waals surface area contributed by atoms with Crippen LogP contribution in [0, 0.1) is 5.82 Å². The molecule has 0 amide bonds. The highest BCUT2D eigenvalue weighted by molar-refractivity contribution is 9.10. The van der Waals surface area contributed by atoms with E-state index in [9.17, 15) is 9.50 Å². The van der Waals surface area contributed by atoms with E-state index in [1.807, 2.05) is 0 Å². The minimum Gasteiger partial charge on any atom is -0.386 e. The number of aliphatic hydroxyl groups is 1. The lowest BCUT2D eigenvalue weighted by molar-refractivity contribution is 0.172. The second-order valence-corrected chi connectivity index (χ2v) is 4.51. The number of aliphatic hydroxyl groups excluding tert-OH is 1. The fraction of sp³-hybridized carbons (Fsp3) is 0.167. The summed E-state index contributed by atoms with van der Waals surface area (Å²) in [5, 5.41) is 9.92. The third-order valence-electron chi connectivity index (χ3n) is 2.37. The summed E-state index contributed by atoms with van der Waals surface area (Å²) in [5.41, 5.74) is 0.935. The van der Waals surface area contributed by atoms with Crippen LogP contribution in [0.2, 0.25) is 0 Å². The first-order chi connectivity index (χ1) is 8.16. The topological polar surface area (TPSA) is 46.0 Å². The molecule has 0 aliphatic carbocycles. The number of halogens is 2. The second-order valence-electron chi connectivity index (χ2n) is 3.59. The van der Waals surface area contributed by atoms with Gasteiger partial charge in [0.1, 0.15) is 18.2 Å². The average molecular weight is 297 g/mol. The number of hydrogen-bond acceptors (Lipinski definition) is 3. The summed E-state index contributed by atoms with van der Waals surface area (Å²) in [6.45, 7) is 0. The molecule has 0 spiro atoms. The van der Waals surface area contributed by atoms with Gasteiger partial charge in [0.15, 0.2) is 0 Å². The normalized spacial score (nSPS) is 12.4.